The van der Waals surface area contributed by atoms with Gasteiger partial charge in [0.25, 0.3) is 11.8 Å². The number of alkyl halides is 2. The third-order valence-corrected chi connectivity index (χ3v) is 6.60. The maximum absolute atomic E-state index is 14.0. The van der Waals surface area contributed by atoms with Crippen molar-refractivity contribution in [3.63, 3.8) is 0 Å². The highest BCUT2D eigenvalue weighted by Crippen LogP contribution is 2.44. The van der Waals surface area contributed by atoms with Crippen molar-refractivity contribution in [1.29, 1.82) is 0 Å². The fourth-order valence-corrected chi connectivity index (χ4v) is 4.75. The number of pyridine rings is 1. The van der Waals surface area contributed by atoms with Gasteiger partial charge in [0, 0.05) is 37.8 Å². The number of ether oxygens (including phenoxy) is 4. The molecule has 2 aliphatic heterocycles. The number of methoxy groups -OCH3 is 1. The van der Waals surface area contributed by atoms with E-state index in [1.807, 2.05) is 0 Å². The number of likely N-dealkylation sites (tertiary alicyclic amines) is 1. The highest BCUT2D eigenvalue weighted by Gasteiger charge is 2.51. The lowest BCUT2D eigenvalue weighted by molar-refractivity contribution is -0.119. The molecule has 0 unspecified atom stereocenters. The summed E-state index contributed by atoms with van der Waals surface area (Å²) in [6.45, 7) is -2.53. The van der Waals surface area contributed by atoms with Crippen LogP contribution in [0.1, 0.15) is 38.1 Å². The lowest BCUT2D eigenvalue weighted by Crippen LogP contribution is -2.53. The van der Waals surface area contributed by atoms with Crippen molar-refractivity contribution in [1.82, 2.24) is 9.88 Å². The molecule has 188 valence electrons. The molecular weight excluding hydrogens is 472 g/mol. The molecular formula is C24H24F4N2O5. The highest BCUT2D eigenvalue weighted by atomic mass is 19.3. The minimum atomic E-state index is -2.66. The molecule has 7 nitrogen and oxygen atoms in total. The SMILES string of the molecule is [2H]C1([2H])O[C@@H]2CN(C(=O)c3ccc(OCC4CC(F)(F)C4)c(OC)n3)CC[C@]2(c2cc(F)cc(F)c2)O1. The van der Waals surface area contributed by atoms with Crippen molar-refractivity contribution in [2.75, 3.05) is 33.6 Å². The van der Waals surface area contributed by atoms with Crippen LogP contribution in [0.2, 0.25) is 0 Å². The van der Waals surface area contributed by atoms with E-state index in [-0.39, 0.29) is 67.8 Å². The van der Waals surface area contributed by atoms with Gasteiger partial charge in [-0.2, -0.15) is 0 Å². The van der Waals surface area contributed by atoms with E-state index in [4.69, 9.17) is 21.7 Å². The Balaban J connectivity index is 1.32. The molecule has 1 amide bonds. The molecule has 3 aliphatic rings. The smallest absolute Gasteiger partial charge is 0.272 e. The second kappa shape index (κ2) is 8.94. The van der Waals surface area contributed by atoms with Crippen molar-refractivity contribution in [3.05, 3.63) is 53.2 Å². The van der Waals surface area contributed by atoms with Gasteiger partial charge in [-0.05, 0) is 29.8 Å². The van der Waals surface area contributed by atoms with Crippen molar-refractivity contribution < 1.29 is 44.0 Å². The fourth-order valence-electron chi connectivity index (χ4n) is 4.75. The first-order valence-electron chi connectivity index (χ1n) is 12.1. The predicted octanol–water partition coefficient (Wildman–Crippen LogP) is 3.91. The second-order valence-electron chi connectivity index (χ2n) is 8.99. The molecule has 0 radical (unpaired) electrons. The number of halogens is 4. The number of carbonyl (C=O) groups is 1. The third kappa shape index (κ3) is 4.54. The molecule has 1 aliphatic carbocycles. The van der Waals surface area contributed by atoms with Gasteiger partial charge in [0.15, 0.2) is 5.75 Å². The zero-order valence-electron chi connectivity index (χ0n) is 20.7. The minimum Gasteiger partial charge on any atom is -0.488 e. The molecule has 0 bridgehead atoms. The maximum atomic E-state index is 14.0. The molecule has 3 fully saturated rings. The van der Waals surface area contributed by atoms with E-state index in [1.165, 1.54) is 24.1 Å². The standard InChI is InChI=1S/C24H24F4N2O5/c1-32-21-19(33-12-14-9-23(27,28)10-14)3-2-18(29-21)22(31)30-5-4-24(20(11-30)34-13-35-24)15-6-16(25)8-17(26)7-15/h2-3,6-8,14,20H,4-5,9-13H2,1H3/t20-,24-/m1/s1/i13D2. The first kappa shape index (κ1) is 21.4. The molecule has 2 aromatic rings. The summed E-state index contributed by atoms with van der Waals surface area (Å²) in [5.41, 5.74) is -1.41. The Morgan fingerprint density at radius 3 is 2.69 bits per heavy atom. The van der Waals surface area contributed by atoms with Crippen molar-refractivity contribution >= 4 is 5.91 Å². The average Bonchev–Trinajstić information content (AvgIpc) is 3.10. The normalized spacial score (nSPS) is 27.9. The predicted molar refractivity (Wildman–Crippen MR) is 113 cm³/mol. The Hall–Kier alpha value is -2.92. The molecule has 2 atom stereocenters. The number of nitrogens with zero attached hydrogens (tertiary/aromatic N) is 2. The molecule has 35 heavy (non-hydrogen) atoms. The summed E-state index contributed by atoms with van der Waals surface area (Å²) >= 11 is 0. The molecule has 1 aromatic carbocycles. The van der Waals surface area contributed by atoms with E-state index >= 15 is 0 Å². The van der Waals surface area contributed by atoms with Gasteiger partial charge in [0.1, 0.15) is 35.8 Å². The Morgan fingerprint density at radius 2 is 2.00 bits per heavy atom. The molecule has 5 rings (SSSR count). The number of rotatable bonds is 6. The molecule has 0 spiro atoms. The Labute approximate surface area is 201 Å². The lowest BCUT2D eigenvalue weighted by Gasteiger charge is -2.41. The number of piperidine rings is 1. The van der Waals surface area contributed by atoms with Crippen LogP contribution in [0.3, 0.4) is 0 Å². The van der Waals surface area contributed by atoms with Crippen molar-refractivity contribution in [2.45, 2.75) is 36.9 Å². The first-order chi connectivity index (χ1) is 17.4. The molecule has 3 heterocycles. The number of benzene rings is 1. The van der Waals surface area contributed by atoms with E-state index in [0.29, 0.717) is 6.07 Å². The van der Waals surface area contributed by atoms with Gasteiger partial charge in [-0.15, -0.1) is 0 Å². The number of hydrogen-bond donors (Lipinski definition) is 0. The number of amides is 1. The van der Waals surface area contributed by atoms with Crippen LogP contribution in [-0.4, -0.2) is 61.4 Å². The molecule has 2 saturated heterocycles. The summed E-state index contributed by atoms with van der Waals surface area (Å²) < 4.78 is 91.6. The van der Waals surface area contributed by atoms with Crippen LogP contribution < -0.4 is 9.47 Å². The average molecular weight is 498 g/mol. The van der Waals surface area contributed by atoms with Gasteiger partial charge in [-0.25, -0.2) is 22.5 Å². The largest absolute Gasteiger partial charge is 0.488 e. The van der Waals surface area contributed by atoms with Crippen LogP contribution in [0, 0.1) is 17.6 Å². The maximum Gasteiger partial charge on any atom is 0.272 e. The van der Waals surface area contributed by atoms with Crippen LogP contribution in [0.5, 0.6) is 11.6 Å². The Bertz CT molecular complexity index is 1190. The summed E-state index contributed by atoms with van der Waals surface area (Å²) in [6, 6.07) is 5.70. The monoisotopic (exact) mass is 498 g/mol. The number of aromatic nitrogens is 1. The van der Waals surface area contributed by atoms with E-state index < -0.39 is 41.9 Å². The molecule has 1 saturated carbocycles. The Kier molecular flexibility index (Phi) is 5.46. The van der Waals surface area contributed by atoms with Gasteiger partial charge in [0.2, 0.25) is 5.92 Å². The van der Waals surface area contributed by atoms with Crippen LogP contribution in [0.15, 0.2) is 30.3 Å². The number of carbonyl (C=O) groups excluding carboxylic acids is 1. The van der Waals surface area contributed by atoms with Gasteiger partial charge >= 0.3 is 0 Å². The summed E-state index contributed by atoms with van der Waals surface area (Å²) in [7, 11) is 1.33. The summed E-state index contributed by atoms with van der Waals surface area (Å²) in [6.07, 6.45) is -1.53. The Morgan fingerprint density at radius 1 is 1.26 bits per heavy atom. The quantitative estimate of drug-likeness (QED) is 0.563. The summed E-state index contributed by atoms with van der Waals surface area (Å²) in [5.74, 6) is -4.93. The van der Waals surface area contributed by atoms with E-state index in [9.17, 15) is 22.4 Å². The van der Waals surface area contributed by atoms with Gasteiger partial charge in [-0.1, -0.05) is 0 Å². The highest BCUT2D eigenvalue weighted by molar-refractivity contribution is 5.92. The van der Waals surface area contributed by atoms with Crippen LogP contribution in [0.4, 0.5) is 17.6 Å². The molecule has 11 heteroatoms. The number of fused-ring (bicyclic) bond motifs is 1. The van der Waals surface area contributed by atoms with Gasteiger partial charge in [0.05, 0.1) is 23.0 Å². The van der Waals surface area contributed by atoms with Crippen LogP contribution in [-0.2, 0) is 15.1 Å². The first-order valence-corrected chi connectivity index (χ1v) is 11.1. The van der Waals surface area contributed by atoms with Crippen LogP contribution >= 0.6 is 0 Å². The van der Waals surface area contributed by atoms with Crippen LogP contribution in [0.25, 0.3) is 0 Å². The molecule has 1 aromatic heterocycles. The summed E-state index contributed by atoms with van der Waals surface area (Å²) in [4.78, 5) is 18.8. The number of hydrogen-bond acceptors (Lipinski definition) is 6. The summed E-state index contributed by atoms with van der Waals surface area (Å²) in [5, 5.41) is 0. The van der Waals surface area contributed by atoms with Crippen molar-refractivity contribution in [2.24, 2.45) is 5.92 Å². The van der Waals surface area contributed by atoms with E-state index in [0.717, 1.165) is 12.1 Å². The fraction of sp³-hybridized carbons (Fsp3) is 0.500. The zero-order chi connectivity index (χ0) is 26.6. The van der Waals surface area contributed by atoms with E-state index in [2.05, 4.69) is 4.98 Å². The topological polar surface area (TPSA) is 70.1 Å². The second-order valence-corrected chi connectivity index (χ2v) is 8.99. The zero-order valence-corrected chi connectivity index (χ0v) is 18.7. The lowest BCUT2D eigenvalue weighted by atomic mass is 9.82. The third-order valence-electron chi connectivity index (χ3n) is 6.60. The van der Waals surface area contributed by atoms with E-state index in [1.54, 1.807) is 0 Å². The molecule has 0 N–H and O–H groups in total. The van der Waals surface area contributed by atoms with Gasteiger partial charge < -0.3 is 23.8 Å². The minimum absolute atomic E-state index is 0.00519. The van der Waals surface area contributed by atoms with Crippen molar-refractivity contribution in [3.8, 4) is 11.6 Å². The van der Waals surface area contributed by atoms with Gasteiger partial charge in [-0.3, -0.25) is 4.79 Å².